The number of aromatic nitrogens is 2. The Hall–Kier alpha value is -5.53. The monoisotopic (exact) mass is 679 g/mol. The van der Waals surface area contributed by atoms with Gasteiger partial charge in [-0.2, -0.15) is 0 Å². The highest BCUT2D eigenvalue weighted by Crippen LogP contribution is 2.47. The molecule has 50 heavy (non-hydrogen) atoms. The first kappa shape index (κ1) is 33.0. The number of rotatable bonds is 11. The lowest BCUT2D eigenvalue weighted by atomic mass is 9.72. The number of methoxy groups -OCH3 is 2. The van der Waals surface area contributed by atoms with E-state index in [0.717, 1.165) is 41.9 Å². The number of likely N-dealkylation sites (tertiary alicyclic amines) is 1. The van der Waals surface area contributed by atoms with Crippen LogP contribution in [-0.2, 0) is 19.2 Å². The van der Waals surface area contributed by atoms with Crippen LogP contribution in [0.1, 0.15) is 18.0 Å². The number of carbonyl (C=O) groups excluding carboxylic acids is 2. The van der Waals surface area contributed by atoms with Crippen molar-refractivity contribution in [2.45, 2.75) is 12.5 Å². The van der Waals surface area contributed by atoms with E-state index >= 15 is 0 Å². The molecule has 0 radical (unpaired) electrons. The van der Waals surface area contributed by atoms with Gasteiger partial charge in [0.15, 0.2) is 5.82 Å². The van der Waals surface area contributed by atoms with Gasteiger partial charge in [-0.05, 0) is 47.0 Å². The van der Waals surface area contributed by atoms with Crippen molar-refractivity contribution in [3.8, 4) is 16.9 Å². The van der Waals surface area contributed by atoms with Crippen LogP contribution < -0.4 is 25.3 Å². The average Bonchev–Trinajstić information content (AvgIpc) is 3.58. The van der Waals surface area contributed by atoms with Crippen LogP contribution in [0.25, 0.3) is 11.1 Å². The summed E-state index contributed by atoms with van der Waals surface area (Å²) in [5.41, 5.74) is 4.70. The van der Waals surface area contributed by atoms with Crippen LogP contribution in [-0.4, -0.2) is 80.3 Å². The fourth-order valence-electron chi connectivity index (χ4n) is 6.93. The van der Waals surface area contributed by atoms with Crippen molar-refractivity contribution >= 4 is 40.5 Å². The van der Waals surface area contributed by atoms with Crippen molar-refractivity contribution in [3.05, 3.63) is 97.1 Å². The topological polar surface area (TPSA) is 121 Å². The highest BCUT2D eigenvalue weighted by atomic mass is 19.1. The van der Waals surface area contributed by atoms with Gasteiger partial charge in [-0.1, -0.05) is 36.9 Å². The third kappa shape index (κ3) is 6.57. The highest BCUT2D eigenvalue weighted by Gasteiger charge is 2.53. The molecule has 0 bridgehead atoms. The maximum atomic E-state index is 14.0. The maximum absolute atomic E-state index is 14.0. The van der Waals surface area contributed by atoms with Gasteiger partial charge in [0.1, 0.15) is 30.3 Å². The molecule has 0 unspecified atom stereocenters. The summed E-state index contributed by atoms with van der Waals surface area (Å²) < 4.78 is 24.7. The van der Waals surface area contributed by atoms with Gasteiger partial charge in [-0.25, -0.2) is 19.4 Å². The first-order valence-electron chi connectivity index (χ1n) is 16.3. The van der Waals surface area contributed by atoms with E-state index < -0.39 is 0 Å². The Labute approximate surface area is 289 Å². The van der Waals surface area contributed by atoms with Crippen LogP contribution in [0.2, 0.25) is 0 Å². The van der Waals surface area contributed by atoms with Crippen molar-refractivity contribution < 1.29 is 28.3 Å². The Bertz CT molecular complexity index is 1930. The molecule has 13 heteroatoms. The van der Waals surface area contributed by atoms with Gasteiger partial charge in [0.2, 0.25) is 11.8 Å². The molecular weight excluding hydrogens is 641 g/mol. The molecule has 3 aliphatic heterocycles. The zero-order valence-electron chi connectivity index (χ0n) is 27.9. The lowest BCUT2D eigenvalue weighted by Gasteiger charge is -2.61. The average molecular weight is 680 g/mol. The largest absolute Gasteiger partial charge is 0.494 e. The Balaban J connectivity index is 1.11. The number of anilines is 5. The first-order valence-corrected chi connectivity index (χ1v) is 16.3. The summed E-state index contributed by atoms with van der Waals surface area (Å²) in [5, 5.41) is 8.05. The van der Waals surface area contributed by atoms with Crippen LogP contribution in [0.4, 0.5) is 33.1 Å². The standard InChI is InChI=1S/C37H38FN7O5/c1-4-35(46)42-28-15-29(32(49-3)16-31(28)43-19-37(20-43)21-44(22-37)36(47)18-48-2)41-33-17-34(40-23-39-33)45-30(11-12-50-45)26-9-5-7-24(13-26)25-8-6-10-27(38)14-25/h4-10,13-17,23,30H,1,11-12,18-22H2,2-3H3,(H,42,46)(H,39,40,41)/t30-/m1/s1. The van der Waals surface area contributed by atoms with E-state index in [-0.39, 0.29) is 35.7 Å². The second-order valence-electron chi connectivity index (χ2n) is 12.8. The van der Waals surface area contributed by atoms with Crippen LogP contribution >= 0.6 is 0 Å². The number of halogens is 1. The molecule has 1 aromatic heterocycles. The number of benzene rings is 3. The van der Waals surface area contributed by atoms with Crippen LogP contribution in [0.3, 0.4) is 0 Å². The highest BCUT2D eigenvalue weighted by molar-refractivity contribution is 6.02. The van der Waals surface area contributed by atoms with Crippen LogP contribution in [0.15, 0.2) is 85.7 Å². The molecule has 1 spiro atoms. The summed E-state index contributed by atoms with van der Waals surface area (Å²) >= 11 is 0. The van der Waals surface area contributed by atoms with E-state index in [9.17, 15) is 14.0 Å². The normalized spacial score (nSPS) is 17.6. The van der Waals surface area contributed by atoms with Crippen molar-refractivity contribution in [1.29, 1.82) is 0 Å². The number of amides is 2. The zero-order chi connectivity index (χ0) is 34.8. The Kier molecular flexibility index (Phi) is 9.08. The smallest absolute Gasteiger partial charge is 0.248 e. The molecule has 258 valence electrons. The Morgan fingerprint density at radius 2 is 1.80 bits per heavy atom. The SMILES string of the molecule is C=CC(=O)Nc1cc(Nc2cc(N3OCC[C@@H]3c3cccc(-c4cccc(F)c4)c3)ncn2)c(OC)cc1N1CC2(CN(C(=O)COC)C2)C1. The van der Waals surface area contributed by atoms with Gasteiger partial charge in [-0.15, -0.1) is 0 Å². The van der Waals surface area contributed by atoms with Gasteiger partial charge in [0, 0.05) is 57.3 Å². The number of nitrogens with zero attached hydrogens (tertiary/aromatic N) is 5. The molecule has 0 aliphatic carbocycles. The first-order chi connectivity index (χ1) is 24.3. The number of hydroxylamine groups is 1. The minimum absolute atomic E-state index is 0.0117. The van der Waals surface area contributed by atoms with Crippen LogP contribution in [0, 0.1) is 11.2 Å². The Morgan fingerprint density at radius 3 is 2.54 bits per heavy atom. The molecule has 2 amide bonds. The zero-order valence-corrected chi connectivity index (χ0v) is 27.9. The predicted molar refractivity (Wildman–Crippen MR) is 188 cm³/mol. The molecule has 2 N–H and O–H groups in total. The van der Waals surface area contributed by atoms with E-state index in [1.807, 2.05) is 41.3 Å². The summed E-state index contributed by atoms with van der Waals surface area (Å²) in [4.78, 5) is 43.7. The Morgan fingerprint density at radius 1 is 1.02 bits per heavy atom. The van der Waals surface area contributed by atoms with Gasteiger partial charge in [0.25, 0.3) is 0 Å². The van der Waals surface area contributed by atoms with E-state index in [1.165, 1.54) is 31.6 Å². The molecular formula is C37H38FN7O5. The van der Waals surface area contributed by atoms with Gasteiger partial charge < -0.3 is 29.9 Å². The number of nitrogens with one attached hydrogen (secondary N) is 2. The summed E-state index contributed by atoms with van der Waals surface area (Å²) in [6.45, 7) is 7.00. The van der Waals surface area contributed by atoms with E-state index in [0.29, 0.717) is 48.5 Å². The van der Waals surface area contributed by atoms with Crippen molar-refractivity contribution in [1.82, 2.24) is 14.9 Å². The van der Waals surface area contributed by atoms with Crippen molar-refractivity contribution in [2.24, 2.45) is 5.41 Å². The summed E-state index contributed by atoms with van der Waals surface area (Å²) in [7, 11) is 3.10. The molecule has 3 aliphatic rings. The van der Waals surface area contributed by atoms with Gasteiger partial charge in [0.05, 0.1) is 36.8 Å². The molecule has 3 aromatic carbocycles. The lowest BCUT2D eigenvalue weighted by molar-refractivity contribution is -0.149. The third-order valence-electron chi connectivity index (χ3n) is 9.30. The molecule has 4 aromatic rings. The second-order valence-corrected chi connectivity index (χ2v) is 12.8. The lowest BCUT2D eigenvalue weighted by Crippen LogP contribution is -2.73. The molecule has 7 rings (SSSR count). The molecule has 3 saturated heterocycles. The summed E-state index contributed by atoms with van der Waals surface area (Å²) in [6, 6.07) is 19.9. The predicted octanol–water partition coefficient (Wildman–Crippen LogP) is 5.34. The summed E-state index contributed by atoms with van der Waals surface area (Å²) in [6.07, 6.45) is 3.42. The number of carbonyl (C=O) groups is 2. The fourth-order valence-corrected chi connectivity index (χ4v) is 6.93. The molecule has 1 atom stereocenters. The van der Waals surface area contributed by atoms with Crippen molar-refractivity contribution in [2.75, 3.05) is 74.2 Å². The van der Waals surface area contributed by atoms with Crippen LogP contribution in [0.5, 0.6) is 5.75 Å². The number of hydrogen-bond acceptors (Lipinski definition) is 10. The van der Waals surface area contributed by atoms with E-state index in [1.54, 1.807) is 24.3 Å². The third-order valence-corrected chi connectivity index (χ3v) is 9.30. The molecule has 12 nitrogen and oxygen atoms in total. The quantitative estimate of drug-likeness (QED) is 0.201. The van der Waals surface area contributed by atoms with E-state index in [2.05, 4.69) is 38.1 Å². The van der Waals surface area contributed by atoms with E-state index in [4.69, 9.17) is 14.3 Å². The summed E-state index contributed by atoms with van der Waals surface area (Å²) in [5.74, 6) is 0.952. The molecule has 3 fully saturated rings. The molecule has 4 heterocycles. The van der Waals surface area contributed by atoms with Gasteiger partial charge >= 0.3 is 0 Å². The maximum Gasteiger partial charge on any atom is 0.248 e. The minimum Gasteiger partial charge on any atom is -0.494 e. The minimum atomic E-state index is -0.347. The second kappa shape index (κ2) is 13.8. The number of ether oxygens (including phenoxy) is 2. The van der Waals surface area contributed by atoms with Gasteiger partial charge in [-0.3, -0.25) is 14.4 Å². The van der Waals surface area contributed by atoms with Crippen molar-refractivity contribution in [3.63, 3.8) is 0 Å². The number of hydrogen-bond donors (Lipinski definition) is 2. The fraction of sp³-hybridized carbons (Fsp3) is 0.297. The molecule has 0 saturated carbocycles.